The number of piperidine rings is 1. The number of benzene rings is 3. The summed E-state index contributed by atoms with van der Waals surface area (Å²) in [6, 6.07) is 28.3. The van der Waals surface area contributed by atoms with E-state index in [1.54, 1.807) is 0 Å². The van der Waals surface area contributed by atoms with Crippen LogP contribution >= 0.6 is 11.6 Å². The summed E-state index contributed by atoms with van der Waals surface area (Å²) in [6.45, 7) is 7.31. The number of aromatic nitrogens is 1. The van der Waals surface area contributed by atoms with Crippen LogP contribution in [0.3, 0.4) is 0 Å². The topological polar surface area (TPSA) is 20.2 Å². The van der Waals surface area contributed by atoms with E-state index in [1.807, 2.05) is 12.1 Å². The number of likely N-dealkylation sites (tertiary alicyclic amines) is 1. The zero-order chi connectivity index (χ0) is 22.6. The first-order valence-corrected chi connectivity index (χ1v) is 12.4. The molecule has 1 fully saturated rings. The van der Waals surface area contributed by atoms with E-state index in [-0.39, 0.29) is 0 Å². The fourth-order valence-electron chi connectivity index (χ4n) is 5.11. The normalized spacial score (nSPS) is 15.3. The van der Waals surface area contributed by atoms with Crippen LogP contribution in [0.25, 0.3) is 10.9 Å². The van der Waals surface area contributed by atoms with Crippen LogP contribution in [0.1, 0.15) is 35.2 Å². The van der Waals surface area contributed by atoms with Gasteiger partial charge in [0, 0.05) is 47.3 Å². The second-order valence-corrected chi connectivity index (χ2v) is 9.58. The van der Waals surface area contributed by atoms with Gasteiger partial charge in [0.2, 0.25) is 0 Å². The lowest BCUT2D eigenvalue weighted by atomic mass is 10.0. The molecule has 0 radical (unpaired) electrons. The smallest absolute Gasteiger partial charge is 0.0493 e. The Morgan fingerprint density at radius 1 is 0.848 bits per heavy atom. The Hall–Kier alpha value is -2.59. The van der Waals surface area contributed by atoms with E-state index in [4.69, 9.17) is 11.6 Å². The molecular weight excluding hydrogens is 426 g/mol. The fourth-order valence-corrected chi connectivity index (χ4v) is 5.31. The molecule has 5 rings (SSSR count). The van der Waals surface area contributed by atoms with Crippen molar-refractivity contribution >= 4 is 22.5 Å². The van der Waals surface area contributed by atoms with Crippen molar-refractivity contribution in [3.8, 4) is 0 Å². The number of halogens is 1. The number of nitrogens with zero attached hydrogens (tertiary/aromatic N) is 2. The molecule has 0 aliphatic carbocycles. The first-order chi connectivity index (χ1) is 16.2. The summed E-state index contributed by atoms with van der Waals surface area (Å²) >= 11 is 6.48. The standard InChI is InChI=1S/C29H32ClN3/c1-22-27(19-31-25-15-17-32(18-16-25)20-23-9-3-2-4-10-23)26-12-6-8-14-29(26)33(22)21-24-11-5-7-13-28(24)30/h2-14,25,31H,15-21H2,1H3. The molecule has 0 unspecified atom stereocenters. The van der Waals surface area contributed by atoms with Gasteiger partial charge in [-0.3, -0.25) is 4.90 Å². The highest BCUT2D eigenvalue weighted by atomic mass is 35.5. The van der Waals surface area contributed by atoms with E-state index >= 15 is 0 Å². The predicted molar refractivity (Wildman–Crippen MR) is 139 cm³/mol. The fraction of sp³-hybridized carbons (Fsp3) is 0.310. The van der Waals surface area contributed by atoms with Crippen molar-refractivity contribution in [2.24, 2.45) is 0 Å². The molecular formula is C29H32ClN3. The molecule has 4 aromatic rings. The molecule has 170 valence electrons. The SMILES string of the molecule is Cc1c(CNC2CCN(Cc3ccccc3)CC2)c2ccccc2n1Cc1ccccc1Cl. The Labute approximate surface area is 202 Å². The second-order valence-electron chi connectivity index (χ2n) is 9.18. The lowest BCUT2D eigenvalue weighted by Crippen LogP contribution is -2.41. The number of para-hydroxylation sites is 1. The van der Waals surface area contributed by atoms with Crippen LogP contribution in [-0.4, -0.2) is 28.6 Å². The quantitative estimate of drug-likeness (QED) is 0.346. The number of hydrogen-bond acceptors (Lipinski definition) is 2. The third-order valence-corrected chi connectivity index (χ3v) is 7.42. The van der Waals surface area contributed by atoms with Crippen molar-refractivity contribution in [3.05, 3.63) is 106 Å². The second kappa shape index (κ2) is 10.1. The minimum absolute atomic E-state index is 0.571. The van der Waals surface area contributed by atoms with Crippen molar-refractivity contribution in [3.63, 3.8) is 0 Å². The maximum atomic E-state index is 6.48. The third kappa shape index (κ3) is 5.01. The van der Waals surface area contributed by atoms with Gasteiger partial charge >= 0.3 is 0 Å². The molecule has 0 saturated carbocycles. The first-order valence-electron chi connectivity index (χ1n) is 12.0. The Bertz CT molecular complexity index is 1210. The minimum atomic E-state index is 0.571. The Balaban J connectivity index is 1.26. The van der Waals surface area contributed by atoms with Gasteiger partial charge in [0.25, 0.3) is 0 Å². The van der Waals surface area contributed by atoms with Gasteiger partial charge in [-0.2, -0.15) is 0 Å². The van der Waals surface area contributed by atoms with Gasteiger partial charge in [-0.05, 0) is 61.7 Å². The van der Waals surface area contributed by atoms with Gasteiger partial charge in [-0.25, -0.2) is 0 Å². The molecule has 2 heterocycles. The van der Waals surface area contributed by atoms with Gasteiger partial charge in [0.15, 0.2) is 0 Å². The predicted octanol–water partition coefficient (Wildman–Crippen LogP) is 6.41. The number of nitrogens with one attached hydrogen (secondary N) is 1. The highest BCUT2D eigenvalue weighted by Crippen LogP contribution is 2.28. The molecule has 4 heteroatoms. The van der Waals surface area contributed by atoms with Crippen LogP contribution in [0.5, 0.6) is 0 Å². The molecule has 1 aromatic heterocycles. The van der Waals surface area contributed by atoms with E-state index in [0.717, 1.165) is 43.3 Å². The van der Waals surface area contributed by atoms with E-state index in [2.05, 4.69) is 88.4 Å². The van der Waals surface area contributed by atoms with Gasteiger partial charge in [0.1, 0.15) is 0 Å². The average molecular weight is 458 g/mol. The van der Waals surface area contributed by atoms with Crippen molar-refractivity contribution in [2.45, 2.75) is 45.4 Å². The minimum Gasteiger partial charge on any atom is -0.340 e. The van der Waals surface area contributed by atoms with Gasteiger partial charge in [0.05, 0.1) is 0 Å². The van der Waals surface area contributed by atoms with Crippen LogP contribution in [0.2, 0.25) is 5.02 Å². The summed E-state index contributed by atoms with van der Waals surface area (Å²) < 4.78 is 2.41. The van der Waals surface area contributed by atoms with Gasteiger partial charge in [-0.15, -0.1) is 0 Å². The monoisotopic (exact) mass is 457 g/mol. The van der Waals surface area contributed by atoms with E-state index < -0.39 is 0 Å². The number of hydrogen-bond donors (Lipinski definition) is 1. The molecule has 1 aliphatic rings. The summed E-state index contributed by atoms with van der Waals surface area (Å²) in [5.41, 5.74) is 6.58. The molecule has 1 saturated heterocycles. The third-order valence-electron chi connectivity index (χ3n) is 7.05. The van der Waals surface area contributed by atoms with Gasteiger partial charge < -0.3 is 9.88 Å². The molecule has 0 spiro atoms. The van der Waals surface area contributed by atoms with Crippen molar-refractivity contribution < 1.29 is 0 Å². The van der Waals surface area contributed by atoms with E-state index in [1.165, 1.54) is 40.6 Å². The molecule has 0 amide bonds. The summed E-state index contributed by atoms with van der Waals surface area (Å²) in [5, 5.41) is 6.05. The highest BCUT2D eigenvalue weighted by molar-refractivity contribution is 6.31. The highest BCUT2D eigenvalue weighted by Gasteiger charge is 2.20. The lowest BCUT2D eigenvalue weighted by Gasteiger charge is -2.32. The Morgan fingerprint density at radius 3 is 2.33 bits per heavy atom. The average Bonchev–Trinajstić information content (AvgIpc) is 3.11. The molecule has 1 aliphatic heterocycles. The molecule has 0 bridgehead atoms. The molecule has 3 nitrogen and oxygen atoms in total. The number of rotatable bonds is 7. The zero-order valence-electron chi connectivity index (χ0n) is 19.3. The van der Waals surface area contributed by atoms with Crippen LogP contribution in [0, 0.1) is 6.92 Å². The first kappa shape index (κ1) is 22.2. The summed E-state index contributed by atoms with van der Waals surface area (Å²) in [7, 11) is 0. The Morgan fingerprint density at radius 2 is 1.55 bits per heavy atom. The van der Waals surface area contributed by atoms with E-state index in [0.29, 0.717) is 6.04 Å². The van der Waals surface area contributed by atoms with Crippen molar-refractivity contribution in [1.82, 2.24) is 14.8 Å². The van der Waals surface area contributed by atoms with Crippen LogP contribution < -0.4 is 5.32 Å². The Kier molecular flexibility index (Phi) is 6.82. The van der Waals surface area contributed by atoms with Crippen molar-refractivity contribution in [2.75, 3.05) is 13.1 Å². The van der Waals surface area contributed by atoms with Crippen molar-refractivity contribution in [1.29, 1.82) is 0 Å². The molecule has 33 heavy (non-hydrogen) atoms. The maximum absolute atomic E-state index is 6.48. The van der Waals surface area contributed by atoms with Crippen LogP contribution in [-0.2, 0) is 19.6 Å². The number of fused-ring (bicyclic) bond motifs is 1. The van der Waals surface area contributed by atoms with Crippen LogP contribution in [0.15, 0.2) is 78.9 Å². The molecule has 0 atom stereocenters. The summed E-state index contributed by atoms with van der Waals surface area (Å²) in [4.78, 5) is 2.58. The van der Waals surface area contributed by atoms with E-state index in [9.17, 15) is 0 Å². The largest absolute Gasteiger partial charge is 0.340 e. The molecule has 3 aromatic carbocycles. The maximum Gasteiger partial charge on any atom is 0.0493 e. The summed E-state index contributed by atoms with van der Waals surface area (Å²) in [6.07, 6.45) is 2.40. The lowest BCUT2D eigenvalue weighted by molar-refractivity contribution is 0.190. The summed E-state index contributed by atoms with van der Waals surface area (Å²) in [5.74, 6) is 0. The van der Waals surface area contributed by atoms with Gasteiger partial charge in [-0.1, -0.05) is 78.3 Å². The zero-order valence-corrected chi connectivity index (χ0v) is 20.1. The van der Waals surface area contributed by atoms with Crippen LogP contribution in [0.4, 0.5) is 0 Å². The molecule has 1 N–H and O–H groups in total.